The lowest BCUT2D eigenvalue weighted by molar-refractivity contribution is -0.122. The van der Waals surface area contributed by atoms with Crippen LogP contribution in [0.2, 0.25) is 0 Å². The molecule has 0 bridgehead atoms. The van der Waals surface area contributed by atoms with Crippen LogP contribution < -0.4 is 10.1 Å². The van der Waals surface area contributed by atoms with Gasteiger partial charge in [0.15, 0.2) is 6.61 Å². The Hall–Kier alpha value is -1.94. The molecular weight excluding hydrogens is 306 g/mol. The van der Waals surface area contributed by atoms with Gasteiger partial charge in [0.25, 0.3) is 5.91 Å². The number of hydrogen-bond acceptors (Lipinski definition) is 3. The van der Waals surface area contributed by atoms with E-state index in [0.717, 1.165) is 17.1 Å². The van der Waals surface area contributed by atoms with Gasteiger partial charge < -0.3 is 10.1 Å². The van der Waals surface area contributed by atoms with Gasteiger partial charge in [-0.3, -0.25) is 4.79 Å². The van der Waals surface area contributed by atoms with Crippen LogP contribution in [0, 0.1) is 20.8 Å². The summed E-state index contributed by atoms with van der Waals surface area (Å²) in [7, 11) is 0. The lowest BCUT2D eigenvalue weighted by Crippen LogP contribution is -2.30. The predicted molar refractivity (Wildman–Crippen MR) is 96.3 cm³/mol. The molecule has 0 atom stereocenters. The average molecular weight is 329 g/mol. The number of benzene rings is 2. The van der Waals surface area contributed by atoms with Gasteiger partial charge in [-0.05, 0) is 61.7 Å². The highest BCUT2D eigenvalue weighted by molar-refractivity contribution is 7.99. The molecule has 2 rings (SSSR count). The monoisotopic (exact) mass is 329 g/mol. The zero-order valence-electron chi connectivity index (χ0n) is 13.9. The molecule has 0 aliphatic carbocycles. The molecule has 23 heavy (non-hydrogen) atoms. The van der Waals surface area contributed by atoms with Crippen molar-refractivity contribution in [2.75, 3.05) is 18.9 Å². The third-order valence-corrected chi connectivity index (χ3v) is 4.53. The molecule has 0 aliphatic heterocycles. The lowest BCUT2D eigenvalue weighted by atomic mass is 10.1. The van der Waals surface area contributed by atoms with E-state index in [2.05, 4.69) is 37.4 Å². The van der Waals surface area contributed by atoms with Crippen LogP contribution in [0.25, 0.3) is 0 Å². The summed E-state index contributed by atoms with van der Waals surface area (Å²) in [5, 5.41) is 2.88. The molecular formula is C19H23NO2S. The molecule has 1 amide bonds. The molecule has 0 radical (unpaired) electrons. The summed E-state index contributed by atoms with van der Waals surface area (Å²) < 4.78 is 5.47. The fourth-order valence-electron chi connectivity index (χ4n) is 2.07. The van der Waals surface area contributed by atoms with Crippen molar-refractivity contribution in [1.82, 2.24) is 5.32 Å². The zero-order valence-corrected chi connectivity index (χ0v) is 14.7. The molecule has 0 aromatic heterocycles. The molecule has 0 unspecified atom stereocenters. The van der Waals surface area contributed by atoms with Crippen LogP contribution in [0.15, 0.2) is 47.4 Å². The van der Waals surface area contributed by atoms with Crippen LogP contribution >= 0.6 is 11.8 Å². The van der Waals surface area contributed by atoms with E-state index in [-0.39, 0.29) is 12.5 Å². The first-order valence-corrected chi connectivity index (χ1v) is 8.69. The second-order valence-corrected chi connectivity index (χ2v) is 6.72. The molecule has 1 N–H and O–H groups in total. The Kier molecular flexibility index (Phi) is 6.53. The van der Waals surface area contributed by atoms with Crippen LogP contribution in [-0.4, -0.2) is 24.8 Å². The summed E-state index contributed by atoms with van der Waals surface area (Å²) in [4.78, 5) is 13.0. The Morgan fingerprint density at radius 1 is 1.09 bits per heavy atom. The summed E-state index contributed by atoms with van der Waals surface area (Å²) in [6.07, 6.45) is 0. The summed E-state index contributed by atoms with van der Waals surface area (Å²) in [6.45, 7) is 6.91. The van der Waals surface area contributed by atoms with E-state index >= 15 is 0 Å². The number of amides is 1. The fraction of sp³-hybridized carbons (Fsp3) is 0.316. The van der Waals surface area contributed by atoms with E-state index in [0.29, 0.717) is 6.54 Å². The number of hydrogen-bond donors (Lipinski definition) is 1. The van der Waals surface area contributed by atoms with Gasteiger partial charge in [0.1, 0.15) is 5.75 Å². The first-order valence-electron chi connectivity index (χ1n) is 7.71. The lowest BCUT2D eigenvalue weighted by Gasteiger charge is -2.08. The topological polar surface area (TPSA) is 38.3 Å². The van der Waals surface area contributed by atoms with Crippen molar-refractivity contribution in [1.29, 1.82) is 0 Å². The molecule has 0 fully saturated rings. The zero-order chi connectivity index (χ0) is 16.7. The second-order valence-electron chi connectivity index (χ2n) is 5.55. The molecule has 4 heteroatoms. The van der Waals surface area contributed by atoms with Crippen molar-refractivity contribution in [3.05, 3.63) is 59.2 Å². The molecule has 3 nitrogen and oxygen atoms in total. The van der Waals surface area contributed by atoms with Gasteiger partial charge >= 0.3 is 0 Å². The smallest absolute Gasteiger partial charge is 0.257 e. The Morgan fingerprint density at radius 3 is 2.65 bits per heavy atom. The Labute approximate surface area is 142 Å². The summed E-state index contributed by atoms with van der Waals surface area (Å²) in [5.41, 5.74) is 3.72. The number of nitrogens with one attached hydrogen (secondary N) is 1. The first-order chi connectivity index (χ1) is 11.0. The van der Waals surface area contributed by atoms with Gasteiger partial charge in [0.05, 0.1) is 0 Å². The highest BCUT2D eigenvalue weighted by Gasteiger charge is 2.03. The summed E-state index contributed by atoms with van der Waals surface area (Å²) in [6, 6.07) is 14.1. The van der Waals surface area contributed by atoms with Crippen molar-refractivity contribution >= 4 is 17.7 Å². The van der Waals surface area contributed by atoms with Crippen LogP contribution in [0.1, 0.15) is 16.7 Å². The first kappa shape index (κ1) is 17.4. The van der Waals surface area contributed by atoms with E-state index in [1.54, 1.807) is 11.8 Å². The van der Waals surface area contributed by atoms with Gasteiger partial charge in [0, 0.05) is 17.2 Å². The summed E-state index contributed by atoms with van der Waals surface area (Å²) >= 11 is 1.75. The van der Waals surface area contributed by atoms with E-state index in [1.807, 2.05) is 31.2 Å². The molecule has 2 aromatic rings. The molecule has 0 aliphatic rings. The molecule has 2 aromatic carbocycles. The van der Waals surface area contributed by atoms with Crippen LogP contribution in [0.5, 0.6) is 5.75 Å². The number of ether oxygens (including phenoxy) is 1. The third-order valence-electron chi connectivity index (χ3n) is 3.53. The van der Waals surface area contributed by atoms with Gasteiger partial charge in [0.2, 0.25) is 0 Å². The second kappa shape index (κ2) is 8.63. The Bertz CT molecular complexity index is 670. The van der Waals surface area contributed by atoms with Gasteiger partial charge in [-0.2, -0.15) is 0 Å². The largest absolute Gasteiger partial charge is 0.484 e. The number of thioether (sulfide) groups is 1. The maximum Gasteiger partial charge on any atom is 0.257 e. The number of aryl methyl sites for hydroxylation is 3. The Balaban J connectivity index is 1.65. The van der Waals surface area contributed by atoms with Gasteiger partial charge in [-0.15, -0.1) is 11.8 Å². The number of rotatable bonds is 7. The van der Waals surface area contributed by atoms with E-state index < -0.39 is 0 Å². The molecule has 122 valence electrons. The average Bonchev–Trinajstić information content (AvgIpc) is 2.53. The van der Waals surface area contributed by atoms with Crippen molar-refractivity contribution in [3.63, 3.8) is 0 Å². The van der Waals surface area contributed by atoms with Crippen molar-refractivity contribution in [2.24, 2.45) is 0 Å². The fourth-order valence-corrected chi connectivity index (χ4v) is 2.93. The van der Waals surface area contributed by atoms with E-state index in [9.17, 15) is 4.79 Å². The van der Waals surface area contributed by atoms with Crippen LogP contribution in [0.3, 0.4) is 0 Å². The molecule has 0 spiro atoms. The van der Waals surface area contributed by atoms with E-state index in [4.69, 9.17) is 4.74 Å². The van der Waals surface area contributed by atoms with Crippen molar-refractivity contribution in [2.45, 2.75) is 25.7 Å². The molecule has 0 saturated carbocycles. The maximum atomic E-state index is 11.8. The van der Waals surface area contributed by atoms with Crippen LogP contribution in [-0.2, 0) is 4.79 Å². The third kappa shape index (κ3) is 5.99. The van der Waals surface area contributed by atoms with Crippen LogP contribution in [0.4, 0.5) is 0 Å². The maximum absolute atomic E-state index is 11.8. The molecule has 0 heterocycles. The van der Waals surface area contributed by atoms with Crippen molar-refractivity contribution < 1.29 is 9.53 Å². The normalized spacial score (nSPS) is 10.4. The van der Waals surface area contributed by atoms with Gasteiger partial charge in [-0.1, -0.05) is 18.2 Å². The predicted octanol–water partition coefficient (Wildman–Crippen LogP) is 3.90. The van der Waals surface area contributed by atoms with E-state index in [1.165, 1.54) is 16.0 Å². The highest BCUT2D eigenvalue weighted by atomic mass is 32.2. The number of carbonyl (C=O) groups excluding carboxylic acids is 1. The number of carbonyl (C=O) groups is 1. The van der Waals surface area contributed by atoms with Crippen molar-refractivity contribution in [3.8, 4) is 5.75 Å². The molecule has 0 saturated heterocycles. The standard InChI is InChI=1S/C19H23NO2S/c1-14-5-4-6-17(11-14)22-13-19(21)20-9-10-23-18-8-7-15(2)16(3)12-18/h4-8,11-12H,9-10,13H2,1-3H3,(H,20,21). The highest BCUT2D eigenvalue weighted by Crippen LogP contribution is 2.20. The minimum Gasteiger partial charge on any atom is -0.484 e. The quantitative estimate of drug-likeness (QED) is 0.618. The SMILES string of the molecule is Cc1cccc(OCC(=O)NCCSc2ccc(C)c(C)c2)c1. The minimum absolute atomic E-state index is 0.0533. The minimum atomic E-state index is -0.0906. The van der Waals surface area contributed by atoms with Gasteiger partial charge in [-0.25, -0.2) is 0 Å². The summed E-state index contributed by atoms with van der Waals surface area (Å²) in [5.74, 6) is 1.48. The Morgan fingerprint density at radius 2 is 1.91 bits per heavy atom.